The summed E-state index contributed by atoms with van der Waals surface area (Å²) in [6.07, 6.45) is -0.141. The third-order valence-corrected chi connectivity index (χ3v) is 5.83. The molecule has 33 heavy (non-hydrogen) atoms. The third-order valence-electron chi connectivity index (χ3n) is 5.83. The highest BCUT2D eigenvalue weighted by atomic mass is 16.6. The van der Waals surface area contributed by atoms with Gasteiger partial charge in [0.15, 0.2) is 12.1 Å². The molecule has 2 fully saturated rings. The first-order chi connectivity index (χ1) is 16.1. The topological polar surface area (TPSA) is 88.2 Å². The first-order valence-corrected chi connectivity index (χ1v) is 11.3. The van der Waals surface area contributed by atoms with E-state index in [-0.39, 0.29) is 18.4 Å². The number of hydrogen-bond acceptors (Lipinski definition) is 5. The fourth-order valence-electron chi connectivity index (χ4n) is 4.19. The summed E-state index contributed by atoms with van der Waals surface area (Å²) in [5.41, 5.74) is 2.19. The van der Waals surface area contributed by atoms with Crippen LogP contribution < -0.4 is 5.32 Å². The van der Waals surface area contributed by atoms with Gasteiger partial charge in [0, 0.05) is 25.2 Å². The minimum Gasteiger partial charge on any atom is -0.438 e. The maximum Gasteiger partial charge on any atom is 0.411 e. The number of rotatable bonds is 7. The molecule has 0 radical (unpaired) electrons. The number of hydrogen-bond donors (Lipinski definition) is 1. The van der Waals surface area contributed by atoms with Gasteiger partial charge in [-0.25, -0.2) is 4.79 Å². The molecule has 8 nitrogen and oxygen atoms in total. The monoisotopic (exact) mass is 451 g/mol. The molecule has 0 spiro atoms. The minimum absolute atomic E-state index is 0.0790. The SMILES string of the molecule is CCCC(=O)Nc1cccc([C@H]2OC(=O)N(Cc3ccccc3)[C@H]2C(=O)N2CCOCC2)c1. The number of benzene rings is 2. The number of carbonyl (C=O) groups is 3. The normalized spacial score (nSPS) is 20.5. The zero-order valence-electron chi connectivity index (χ0n) is 18.7. The molecule has 0 unspecified atom stereocenters. The van der Waals surface area contributed by atoms with Crippen LogP contribution in [0.3, 0.4) is 0 Å². The number of amides is 3. The van der Waals surface area contributed by atoms with E-state index in [0.717, 1.165) is 12.0 Å². The summed E-state index contributed by atoms with van der Waals surface area (Å²) in [4.78, 5) is 41.8. The molecule has 1 N–H and O–H groups in total. The largest absolute Gasteiger partial charge is 0.438 e. The van der Waals surface area contributed by atoms with Gasteiger partial charge in [0.2, 0.25) is 11.8 Å². The Morgan fingerprint density at radius 2 is 1.82 bits per heavy atom. The number of nitrogens with zero attached hydrogens (tertiary/aromatic N) is 2. The summed E-state index contributed by atoms with van der Waals surface area (Å²) in [6.45, 7) is 4.09. The molecule has 4 rings (SSSR count). The van der Waals surface area contributed by atoms with Crippen molar-refractivity contribution < 1.29 is 23.9 Å². The highest BCUT2D eigenvalue weighted by Gasteiger charge is 2.48. The molecular formula is C25H29N3O5. The number of ether oxygens (including phenoxy) is 2. The molecule has 2 aliphatic rings. The average molecular weight is 452 g/mol. The van der Waals surface area contributed by atoms with Crippen molar-refractivity contribution in [2.75, 3.05) is 31.6 Å². The standard InChI is InChI=1S/C25H29N3O5/c1-2-7-21(29)26-20-11-6-10-19(16-20)23-22(24(30)27-12-14-32-15-13-27)28(25(31)33-23)17-18-8-4-3-5-9-18/h3-6,8-11,16,22-23H,2,7,12-15,17H2,1H3,(H,26,29)/t22-,23-/m1/s1. The molecule has 2 aromatic carbocycles. The quantitative estimate of drug-likeness (QED) is 0.698. The maximum absolute atomic E-state index is 13.6. The van der Waals surface area contributed by atoms with E-state index < -0.39 is 18.2 Å². The van der Waals surface area contributed by atoms with Gasteiger partial charge >= 0.3 is 6.09 Å². The fourth-order valence-corrected chi connectivity index (χ4v) is 4.19. The van der Waals surface area contributed by atoms with Gasteiger partial charge in [-0.3, -0.25) is 14.5 Å². The van der Waals surface area contributed by atoms with E-state index in [1.54, 1.807) is 23.1 Å². The van der Waals surface area contributed by atoms with E-state index in [2.05, 4.69) is 5.32 Å². The molecule has 0 aromatic heterocycles. The number of anilines is 1. The molecule has 0 saturated carbocycles. The Balaban J connectivity index is 1.63. The van der Waals surface area contributed by atoms with Gasteiger partial charge in [-0.1, -0.05) is 49.4 Å². The van der Waals surface area contributed by atoms with E-state index >= 15 is 0 Å². The molecule has 2 atom stereocenters. The first-order valence-electron chi connectivity index (χ1n) is 11.3. The van der Waals surface area contributed by atoms with Crippen molar-refractivity contribution in [1.82, 2.24) is 9.80 Å². The summed E-state index contributed by atoms with van der Waals surface area (Å²) in [5, 5.41) is 2.87. The molecule has 0 bridgehead atoms. The van der Waals surface area contributed by atoms with E-state index in [1.807, 2.05) is 43.3 Å². The van der Waals surface area contributed by atoms with Crippen molar-refractivity contribution >= 4 is 23.6 Å². The van der Waals surface area contributed by atoms with Crippen molar-refractivity contribution in [2.24, 2.45) is 0 Å². The van der Waals surface area contributed by atoms with Gasteiger partial charge in [0.25, 0.3) is 0 Å². The van der Waals surface area contributed by atoms with Crippen LogP contribution in [0.2, 0.25) is 0 Å². The van der Waals surface area contributed by atoms with Crippen molar-refractivity contribution in [3.63, 3.8) is 0 Å². The summed E-state index contributed by atoms with van der Waals surface area (Å²) in [7, 11) is 0. The molecule has 2 aromatic rings. The summed E-state index contributed by atoms with van der Waals surface area (Å²) in [5.74, 6) is -0.241. The Hall–Kier alpha value is -3.39. The Morgan fingerprint density at radius 1 is 1.06 bits per heavy atom. The Labute approximate surface area is 193 Å². The van der Waals surface area contributed by atoms with Crippen LogP contribution in [0.4, 0.5) is 10.5 Å². The highest BCUT2D eigenvalue weighted by molar-refractivity contribution is 5.91. The lowest BCUT2D eigenvalue weighted by Crippen LogP contribution is -2.51. The number of cyclic esters (lactones) is 1. The van der Waals surface area contributed by atoms with Crippen LogP contribution in [-0.4, -0.2) is 60.1 Å². The molecule has 0 aliphatic carbocycles. The Morgan fingerprint density at radius 3 is 2.55 bits per heavy atom. The molecule has 2 heterocycles. The predicted molar refractivity (Wildman–Crippen MR) is 122 cm³/mol. The molecule has 174 valence electrons. The lowest BCUT2D eigenvalue weighted by atomic mass is 9.99. The van der Waals surface area contributed by atoms with Crippen molar-refractivity contribution in [2.45, 2.75) is 38.5 Å². The lowest BCUT2D eigenvalue weighted by molar-refractivity contribution is -0.141. The van der Waals surface area contributed by atoms with Crippen LogP contribution >= 0.6 is 0 Å². The summed E-state index contributed by atoms with van der Waals surface area (Å²) >= 11 is 0. The Kier molecular flexibility index (Phi) is 7.24. The minimum atomic E-state index is -0.808. The maximum atomic E-state index is 13.6. The summed E-state index contributed by atoms with van der Waals surface area (Å²) in [6, 6.07) is 15.9. The average Bonchev–Trinajstić information content (AvgIpc) is 3.16. The van der Waals surface area contributed by atoms with Crippen LogP contribution in [0.5, 0.6) is 0 Å². The van der Waals surface area contributed by atoms with Crippen molar-refractivity contribution in [3.8, 4) is 0 Å². The van der Waals surface area contributed by atoms with Crippen LogP contribution in [0.25, 0.3) is 0 Å². The smallest absolute Gasteiger partial charge is 0.411 e. The third kappa shape index (κ3) is 5.34. The fraction of sp³-hybridized carbons (Fsp3) is 0.400. The van der Waals surface area contributed by atoms with E-state index in [0.29, 0.717) is 44.0 Å². The predicted octanol–water partition coefficient (Wildman–Crippen LogP) is 3.35. The van der Waals surface area contributed by atoms with Crippen LogP contribution in [0.1, 0.15) is 37.0 Å². The van der Waals surface area contributed by atoms with Gasteiger partial charge in [0.05, 0.1) is 19.8 Å². The van der Waals surface area contributed by atoms with Crippen LogP contribution in [-0.2, 0) is 25.6 Å². The molecule has 2 saturated heterocycles. The van der Waals surface area contributed by atoms with Gasteiger partial charge in [-0.05, 0) is 29.7 Å². The second kappa shape index (κ2) is 10.5. The molecule has 2 aliphatic heterocycles. The van der Waals surface area contributed by atoms with E-state index in [1.165, 1.54) is 4.90 Å². The molecular weight excluding hydrogens is 422 g/mol. The zero-order chi connectivity index (χ0) is 23.2. The lowest BCUT2D eigenvalue weighted by Gasteiger charge is -2.33. The van der Waals surface area contributed by atoms with E-state index in [4.69, 9.17) is 9.47 Å². The molecule has 8 heteroatoms. The number of carbonyl (C=O) groups excluding carboxylic acids is 3. The van der Waals surface area contributed by atoms with Crippen LogP contribution in [0.15, 0.2) is 54.6 Å². The Bertz CT molecular complexity index is 991. The second-order valence-corrected chi connectivity index (χ2v) is 8.22. The van der Waals surface area contributed by atoms with Crippen LogP contribution in [0, 0.1) is 0 Å². The summed E-state index contributed by atoms with van der Waals surface area (Å²) < 4.78 is 11.2. The zero-order valence-corrected chi connectivity index (χ0v) is 18.7. The first kappa shape index (κ1) is 22.8. The number of morpholine rings is 1. The molecule has 3 amide bonds. The van der Waals surface area contributed by atoms with Crippen molar-refractivity contribution in [1.29, 1.82) is 0 Å². The highest BCUT2D eigenvalue weighted by Crippen LogP contribution is 2.36. The van der Waals surface area contributed by atoms with Gasteiger partial charge in [0.1, 0.15) is 0 Å². The van der Waals surface area contributed by atoms with Gasteiger partial charge in [-0.2, -0.15) is 0 Å². The number of nitrogens with one attached hydrogen (secondary N) is 1. The van der Waals surface area contributed by atoms with Crippen molar-refractivity contribution in [3.05, 3.63) is 65.7 Å². The van der Waals surface area contributed by atoms with Gasteiger partial charge in [-0.15, -0.1) is 0 Å². The second-order valence-electron chi connectivity index (χ2n) is 8.22. The van der Waals surface area contributed by atoms with Gasteiger partial charge < -0.3 is 19.7 Å². The van der Waals surface area contributed by atoms with E-state index in [9.17, 15) is 14.4 Å².